The van der Waals surface area contributed by atoms with Crippen LogP contribution in [-0.2, 0) is 4.74 Å². The van der Waals surface area contributed by atoms with Gasteiger partial charge in [-0.05, 0) is 19.0 Å². The van der Waals surface area contributed by atoms with E-state index in [0.717, 1.165) is 12.2 Å². The molecule has 0 saturated heterocycles. The molecule has 6 nitrogen and oxygen atoms in total. The van der Waals surface area contributed by atoms with Crippen molar-refractivity contribution >= 4 is 11.8 Å². The van der Waals surface area contributed by atoms with Crippen molar-refractivity contribution in [3.63, 3.8) is 0 Å². The zero-order chi connectivity index (χ0) is 12.7. The smallest absolute Gasteiger partial charge is 0.226 e. The highest BCUT2D eigenvalue weighted by molar-refractivity contribution is 5.41. The van der Waals surface area contributed by atoms with Gasteiger partial charge in [0.1, 0.15) is 5.82 Å². The highest BCUT2D eigenvalue weighted by atomic mass is 16.5. The quantitative estimate of drug-likeness (QED) is 0.713. The summed E-state index contributed by atoms with van der Waals surface area (Å²) in [5.41, 5.74) is 5.55. The number of nitrogens with two attached hydrogens (primary N) is 1. The molecule has 0 fully saturated rings. The predicted octanol–water partition coefficient (Wildman–Crippen LogP) is 0.318. The number of hydrogen-bond donors (Lipinski definition) is 2. The molecule has 17 heavy (non-hydrogen) atoms. The first-order chi connectivity index (χ1) is 8.17. The van der Waals surface area contributed by atoms with Crippen LogP contribution in [0.4, 0.5) is 11.8 Å². The molecule has 0 bridgehead atoms. The molecule has 1 rings (SSSR count). The largest absolute Gasteiger partial charge is 0.383 e. The lowest BCUT2D eigenvalue weighted by Gasteiger charge is -2.18. The molecule has 1 aromatic heterocycles. The van der Waals surface area contributed by atoms with E-state index in [2.05, 4.69) is 15.3 Å². The molecule has 0 aliphatic heterocycles. The van der Waals surface area contributed by atoms with E-state index in [0.29, 0.717) is 19.1 Å². The minimum Gasteiger partial charge on any atom is -0.383 e. The van der Waals surface area contributed by atoms with Gasteiger partial charge in [-0.2, -0.15) is 4.98 Å². The second kappa shape index (κ2) is 7.03. The Bertz CT molecular complexity index is 325. The van der Waals surface area contributed by atoms with E-state index in [1.54, 1.807) is 13.3 Å². The molecule has 0 saturated carbocycles. The van der Waals surface area contributed by atoms with Gasteiger partial charge in [-0.3, -0.25) is 0 Å². The Balaban J connectivity index is 2.67. The molecule has 1 aromatic rings. The van der Waals surface area contributed by atoms with E-state index < -0.39 is 0 Å². The molecule has 96 valence electrons. The van der Waals surface area contributed by atoms with Gasteiger partial charge in [0.2, 0.25) is 5.95 Å². The topological polar surface area (TPSA) is 76.3 Å². The van der Waals surface area contributed by atoms with Crippen LogP contribution in [0.5, 0.6) is 0 Å². The third-order valence-corrected chi connectivity index (χ3v) is 2.28. The molecule has 0 aliphatic rings. The minimum absolute atomic E-state index is 0.176. The van der Waals surface area contributed by atoms with Gasteiger partial charge in [0.05, 0.1) is 12.6 Å². The van der Waals surface area contributed by atoms with Gasteiger partial charge in [0, 0.05) is 27.4 Å². The van der Waals surface area contributed by atoms with Crippen molar-refractivity contribution in [1.29, 1.82) is 0 Å². The Hall–Kier alpha value is -1.40. The number of aromatic nitrogens is 2. The minimum atomic E-state index is 0.176. The first kappa shape index (κ1) is 13.7. The predicted molar refractivity (Wildman–Crippen MR) is 69.3 cm³/mol. The number of nitrogens with zero attached hydrogens (tertiary/aromatic N) is 3. The van der Waals surface area contributed by atoms with Crippen LogP contribution in [0, 0.1) is 0 Å². The summed E-state index contributed by atoms with van der Waals surface area (Å²) in [7, 11) is 5.49. The summed E-state index contributed by atoms with van der Waals surface area (Å²) in [6.07, 6.45) is 2.58. The summed E-state index contributed by atoms with van der Waals surface area (Å²) in [6.45, 7) is 1.23. The highest BCUT2D eigenvalue weighted by Crippen LogP contribution is 2.10. The first-order valence-corrected chi connectivity index (χ1v) is 5.63. The van der Waals surface area contributed by atoms with Crippen LogP contribution in [0.15, 0.2) is 12.3 Å². The van der Waals surface area contributed by atoms with E-state index in [1.807, 2.05) is 25.1 Å². The van der Waals surface area contributed by atoms with Crippen LogP contribution in [0.25, 0.3) is 0 Å². The van der Waals surface area contributed by atoms with Gasteiger partial charge in [-0.15, -0.1) is 0 Å². The first-order valence-electron chi connectivity index (χ1n) is 5.63. The fraction of sp³-hybridized carbons (Fsp3) is 0.636. The Morgan fingerprint density at radius 2 is 2.29 bits per heavy atom. The van der Waals surface area contributed by atoms with Crippen LogP contribution < -0.4 is 16.0 Å². The van der Waals surface area contributed by atoms with Crippen molar-refractivity contribution < 1.29 is 4.74 Å². The lowest BCUT2D eigenvalue weighted by Crippen LogP contribution is -2.28. The monoisotopic (exact) mass is 239 g/mol. The van der Waals surface area contributed by atoms with Crippen molar-refractivity contribution in [2.75, 3.05) is 44.6 Å². The van der Waals surface area contributed by atoms with Gasteiger partial charge in [-0.25, -0.2) is 4.98 Å². The van der Waals surface area contributed by atoms with Crippen LogP contribution in [0.1, 0.15) is 6.42 Å². The van der Waals surface area contributed by atoms with Gasteiger partial charge < -0.3 is 20.7 Å². The number of nitrogens with one attached hydrogen (secondary N) is 1. The van der Waals surface area contributed by atoms with E-state index in [9.17, 15) is 0 Å². The lowest BCUT2D eigenvalue weighted by molar-refractivity contribution is 0.183. The van der Waals surface area contributed by atoms with Crippen molar-refractivity contribution in [3.05, 3.63) is 12.3 Å². The molecule has 0 amide bonds. The molecule has 0 aromatic carbocycles. The summed E-state index contributed by atoms with van der Waals surface area (Å²) in [5, 5.41) is 3.29. The Morgan fingerprint density at radius 3 is 2.88 bits per heavy atom. The fourth-order valence-electron chi connectivity index (χ4n) is 1.45. The maximum Gasteiger partial charge on any atom is 0.226 e. The summed E-state index contributed by atoms with van der Waals surface area (Å²) in [4.78, 5) is 10.4. The molecule has 3 N–H and O–H groups in total. The number of anilines is 2. The fourth-order valence-corrected chi connectivity index (χ4v) is 1.45. The third-order valence-electron chi connectivity index (χ3n) is 2.28. The molecule has 1 atom stereocenters. The Morgan fingerprint density at radius 1 is 1.53 bits per heavy atom. The molecule has 1 heterocycles. The van der Waals surface area contributed by atoms with E-state index in [1.165, 1.54) is 0 Å². The van der Waals surface area contributed by atoms with Crippen LogP contribution in [-0.4, -0.2) is 50.4 Å². The van der Waals surface area contributed by atoms with Crippen molar-refractivity contribution in [2.24, 2.45) is 5.73 Å². The maximum atomic E-state index is 5.55. The zero-order valence-electron chi connectivity index (χ0n) is 10.7. The Labute approximate surface area is 102 Å². The van der Waals surface area contributed by atoms with Crippen LogP contribution in [0.3, 0.4) is 0 Å². The third kappa shape index (κ3) is 4.54. The average molecular weight is 239 g/mol. The number of hydrogen-bond acceptors (Lipinski definition) is 6. The Kier molecular flexibility index (Phi) is 5.65. The standard InChI is InChI=1S/C11H21N5O/c1-16(2)11-13-7-5-10(15-11)14-9(4-6-12)8-17-3/h5,7,9H,4,6,8,12H2,1-3H3,(H,13,14,15). The molecule has 0 spiro atoms. The maximum absolute atomic E-state index is 5.55. The molecule has 6 heteroatoms. The van der Waals surface area contributed by atoms with Crippen molar-refractivity contribution in [2.45, 2.75) is 12.5 Å². The molecular weight excluding hydrogens is 218 g/mol. The van der Waals surface area contributed by atoms with Gasteiger partial charge in [0.25, 0.3) is 0 Å². The highest BCUT2D eigenvalue weighted by Gasteiger charge is 2.09. The number of ether oxygens (including phenoxy) is 1. The van der Waals surface area contributed by atoms with Crippen LogP contribution >= 0.6 is 0 Å². The second-order valence-electron chi connectivity index (χ2n) is 4.01. The average Bonchev–Trinajstić information content (AvgIpc) is 2.30. The summed E-state index contributed by atoms with van der Waals surface area (Å²) >= 11 is 0. The van der Waals surface area contributed by atoms with Crippen LogP contribution in [0.2, 0.25) is 0 Å². The SMILES string of the molecule is COCC(CCN)Nc1ccnc(N(C)C)n1. The second-order valence-corrected chi connectivity index (χ2v) is 4.01. The summed E-state index contributed by atoms with van der Waals surface area (Å²) in [6, 6.07) is 2.02. The number of methoxy groups -OCH3 is 1. The molecule has 0 radical (unpaired) electrons. The van der Waals surface area contributed by atoms with Gasteiger partial charge in [-0.1, -0.05) is 0 Å². The van der Waals surface area contributed by atoms with Crippen molar-refractivity contribution in [1.82, 2.24) is 9.97 Å². The summed E-state index contributed by atoms with van der Waals surface area (Å²) in [5.74, 6) is 1.47. The molecule has 1 unspecified atom stereocenters. The van der Waals surface area contributed by atoms with Gasteiger partial charge in [0.15, 0.2) is 0 Å². The molecular formula is C11H21N5O. The van der Waals surface area contributed by atoms with E-state index in [-0.39, 0.29) is 6.04 Å². The number of rotatable bonds is 7. The zero-order valence-corrected chi connectivity index (χ0v) is 10.7. The normalized spacial score (nSPS) is 12.2. The lowest BCUT2D eigenvalue weighted by atomic mass is 10.2. The van der Waals surface area contributed by atoms with Gasteiger partial charge >= 0.3 is 0 Å². The molecule has 0 aliphatic carbocycles. The van der Waals surface area contributed by atoms with E-state index >= 15 is 0 Å². The van der Waals surface area contributed by atoms with Crippen molar-refractivity contribution in [3.8, 4) is 0 Å². The summed E-state index contributed by atoms with van der Waals surface area (Å²) < 4.78 is 5.13. The van der Waals surface area contributed by atoms with E-state index in [4.69, 9.17) is 10.5 Å².